The zero-order valence-electron chi connectivity index (χ0n) is 11.7. The third-order valence-electron chi connectivity index (χ3n) is 3.54. The van der Waals surface area contributed by atoms with Gasteiger partial charge in [-0.3, -0.25) is 9.59 Å². The van der Waals surface area contributed by atoms with Gasteiger partial charge in [-0.1, -0.05) is 13.0 Å². The van der Waals surface area contributed by atoms with Crippen LogP contribution in [-0.4, -0.2) is 34.5 Å². The van der Waals surface area contributed by atoms with Crippen molar-refractivity contribution in [1.82, 2.24) is 4.90 Å². The summed E-state index contributed by atoms with van der Waals surface area (Å²) >= 11 is 0. The van der Waals surface area contributed by atoms with E-state index in [1.165, 1.54) is 6.07 Å². The van der Waals surface area contributed by atoms with E-state index >= 15 is 0 Å². The Kier molecular flexibility index (Phi) is 4.55. The molecule has 0 aromatic heterocycles. The molecule has 21 heavy (non-hydrogen) atoms. The van der Waals surface area contributed by atoms with E-state index in [1.807, 2.05) is 0 Å². The van der Waals surface area contributed by atoms with Crippen LogP contribution in [0.2, 0.25) is 0 Å². The molecule has 1 fully saturated rings. The van der Waals surface area contributed by atoms with E-state index in [9.17, 15) is 18.4 Å². The number of hydrogen-bond acceptors (Lipinski definition) is 2. The second kappa shape index (κ2) is 6.20. The molecule has 0 spiro atoms. The SMILES string of the molecule is CC(CN(C(=O)Cc1ccc(F)c(F)c1)C1CC1)C(=O)O. The molecule has 0 radical (unpaired) electrons. The van der Waals surface area contributed by atoms with E-state index in [-0.39, 0.29) is 24.9 Å². The summed E-state index contributed by atoms with van der Waals surface area (Å²) in [5, 5.41) is 8.94. The zero-order valence-corrected chi connectivity index (χ0v) is 11.7. The summed E-state index contributed by atoms with van der Waals surface area (Å²) in [5.41, 5.74) is 0.382. The number of halogens is 2. The normalized spacial score (nSPS) is 15.6. The van der Waals surface area contributed by atoms with Crippen LogP contribution in [0.5, 0.6) is 0 Å². The molecule has 1 aromatic carbocycles. The molecule has 0 aliphatic heterocycles. The highest BCUT2D eigenvalue weighted by Gasteiger charge is 2.34. The molecular weight excluding hydrogens is 280 g/mol. The predicted molar refractivity (Wildman–Crippen MR) is 71.6 cm³/mol. The van der Waals surface area contributed by atoms with Crippen molar-refractivity contribution in [3.8, 4) is 0 Å². The molecule has 4 nitrogen and oxygen atoms in total. The highest BCUT2D eigenvalue weighted by molar-refractivity contribution is 5.80. The minimum atomic E-state index is -0.989. The first-order valence-corrected chi connectivity index (χ1v) is 6.84. The molecule has 1 amide bonds. The molecule has 1 N–H and O–H groups in total. The molecule has 1 saturated carbocycles. The molecule has 1 unspecified atom stereocenters. The Hall–Kier alpha value is -1.98. The van der Waals surface area contributed by atoms with Crippen LogP contribution in [0.4, 0.5) is 8.78 Å². The van der Waals surface area contributed by atoms with E-state index in [1.54, 1.807) is 11.8 Å². The first-order valence-electron chi connectivity index (χ1n) is 6.84. The fourth-order valence-electron chi connectivity index (χ4n) is 2.14. The van der Waals surface area contributed by atoms with Crippen LogP contribution in [0.1, 0.15) is 25.3 Å². The van der Waals surface area contributed by atoms with Gasteiger partial charge < -0.3 is 10.0 Å². The summed E-state index contributed by atoms with van der Waals surface area (Å²) < 4.78 is 26.0. The van der Waals surface area contributed by atoms with Gasteiger partial charge in [-0.05, 0) is 30.5 Å². The second-order valence-corrected chi connectivity index (χ2v) is 5.44. The van der Waals surface area contributed by atoms with Gasteiger partial charge in [-0.15, -0.1) is 0 Å². The van der Waals surface area contributed by atoms with Crippen LogP contribution in [0, 0.1) is 17.6 Å². The fourth-order valence-corrected chi connectivity index (χ4v) is 2.14. The van der Waals surface area contributed by atoms with Crippen molar-refractivity contribution < 1.29 is 23.5 Å². The summed E-state index contributed by atoms with van der Waals surface area (Å²) in [5.74, 6) is -3.81. The largest absolute Gasteiger partial charge is 0.481 e. The zero-order chi connectivity index (χ0) is 15.6. The third kappa shape index (κ3) is 4.00. The van der Waals surface area contributed by atoms with E-state index in [0.717, 1.165) is 25.0 Å². The lowest BCUT2D eigenvalue weighted by Crippen LogP contribution is -2.39. The standard InChI is InChI=1S/C15H17F2NO3/c1-9(15(20)21)8-18(11-3-4-11)14(19)7-10-2-5-12(16)13(17)6-10/h2,5-6,9,11H,3-4,7-8H2,1H3,(H,20,21). The lowest BCUT2D eigenvalue weighted by atomic mass is 10.1. The molecule has 1 aliphatic carbocycles. The predicted octanol–water partition coefficient (Wildman–Crippen LogP) is 2.22. The van der Waals surface area contributed by atoms with E-state index in [0.29, 0.717) is 5.56 Å². The molecule has 1 atom stereocenters. The number of nitrogens with zero attached hydrogens (tertiary/aromatic N) is 1. The molecule has 1 aromatic rings. The summed E-state index contributed by atoms with van der Waals surface area (Å²) in [7, 11) is 0. The highest BCUT2D eigenvalue weighted by Crippen LogP contribution is 2.28. The molecule has 0 saturated heterocycles. The average molecular weight is 297 g/mol. The van der Waals surface area contributed by atoms with Crippen LogP contribution >= 0.6 is 0 Å². The minimum absolute atomic E-state index is 0.0555. The topological polar surface area (TPSA) is 57.6 Å². The van der Waals surface area contributed by atoms with Crippen molar-refractivity contribution in [3.63, 3.8) is 0 Å². The molecule has 114 valence electrons. The number of carboxylic acids is 1. The van der Waals surface area contributed by atoms with E-state index in [4.69, 9.17) is 5.11 Å². The maximum atomic E-state index is 13.1. The van der Waals surface area contributed by atoms with Gasteiger partial charge in [0, 0.05) is 12.6 Å². The average Bonchev–Trinajstić information content (AvgIpc) is 3.24. The minimum Gasteiger partial charge on any atom is -0.481 e. The Balaban J connectivity index is 2.04. The van der Waals surface area contributed by atoms with Gasteiger partial charge >= 0.3 is 5.97 Å². The Bertz CT molecular complexity index is 558. The first kappa shape index (κ1) is 15.4. The van der Waals surface area contributed by atoms with Crippen molar-refractivity contribution in [1.29, 1.82) is 0 Å². The van der Waals surface area contributed by atoms with Crippen molar-refractivity contribution in [3.05, 3.63) is 35.4 Å². The summed E-state index contributed by atoms with van der Waals surface area (Å²) in [6, 6.07) is 3.42. The Labute approximate surface area is 121 Å². The molecule has 0 bridgehead atoms. The first-order chi connectivity index (χ1) is 9.88. The van der Waals surface area contributed by atoms with Crippen molar-refractivity contribution in [2.24, 2.45) is 5.92 Å². The number of benzene rings is 1. The van der Waals surface area contributed by atoms with Crippen LogP contribution in [0.3, 0.4) is 0 Å². The quantitative estimate of drug-likeness (QED) is 0.876. The lowest BCUT2D eigenvalue weighted by molar-refractivity contribution is -0.143. The van der Waals surface area contributed by atoms with Crippen LogP contribution in [0.25, 0.3) is 0 Å². The smallest absolute Gasteiger partial charge is 0.308 e. The number of aliphatic carboxylic acids is 1. The number of rotatable bonds is 6. The number of amides is 1. The van der Waals surface area contributed by atoms with Gasteiger partial charge in [0.15, 0.2) is 11.6 Å². The van der Waals surface area contributed by atoms with Crippen molar-refractivity contribution in [2.45, 2.75) is 32.2 Å². The highest BCUT2D eigenvalue weighted by atomic mass is 19.2. The Morgan fingerprint density at radius 2 is 2.00 bits per heavy atom. The Morgan fingerprint density at radius 1 is 1.33 bits per heavy atom. The second-order valence-electron chi connectivity index (χ2n) is 5.44. The van der Waals surface area contributed by atoms with Gasteiger partial charge in [0.1, 0.15) is 0 Å². The lowest BCUT2D eigenvalue weighted by Gasteiger charge is -2.24. The molecule has 6 heteroatoms. The van der Waals surface area contributed by atoms with Gasteiger partial charge in [0.05, 0.1) is 12.3 Å². The molecule has 0 heterocycles. The van der Waals surface area contributed by atoms with Crippen LogP contribution < -0.4 is 0 Å². The monoisotopic (exact) mass is 297 g/mol. The van der Waals surface area contributed by atoms with Crippen LogP contribution in [-0.2, 0) is 16.0 Å². The van der Waals surface area contributed by atoms with Crippen LogP contribution in [0.15, 0.2) is 18.2 Å². The summed E-state index contributed by atoms with van der Waals surface area (Å²) in [4.78, 5) is 24.7. The molecule has 2 rings (SSSR count). The summed E-state index contributed by atoms with van der Waals surface area (Å²) in [6.07, 6.45) is 1.66. The van der Waals surface area contributed by atoms with E-state index < -0.39 is 23.5 Å². The van der Waals surface area contributed by atoms with Gasteiger partial charge in [-0.25, -0.2) is 8.78 Å². The number of carbonyl (C=O) groups is 2. The van der Waals surface area contributed by atoms with Crippen molar-refractivity contribution >= 4 is 11.9 Å². The summed E-state index contributed by atoms with van der Waals surface area (Å²) in [6.45, 7) is 1.69. The fraction of sp³-hybridized carbons (Fsp3) is 0.467. The maximum Gasteiger partial charge on any atom is 0.308 e. The van der Waals surface area contributed by atoms with Crippen molar-refractivity contribution in [2.75, 3.05) is 6.54 Å². The third-order valence-corrected chi connectivity index (χ3v) is 3.54. The number of hydrogen-bond donors (Lipinski definition) is 1. The number of carbonyl (C=O) groups excluding carboxylic acids is 1. The van der Waals surface area contributed by atoms with E-state index in [2.05, 4.69) is 0 Å². The van der Waals surface area contributed by atoms with Gasteiger partial charge in [0.2, 0.25) is 5.91 Å². The molecule has 1 aliphatic rings. The van der Waals surface area contributed by atoms with Gasteiger partial charge in [0.25, 0.3) is 0 Å². The Morgan fingerprint density at radius 3 is 2.52 bits per heavy atom. The number of carboxylic acid groups (broad SMARTS) is 1. The molecular formula is C15H17F2NO3. The maximum absolute atomic E-state index is 13.1. The van der Waals surface area contributed by atoms with Gasteiger partial charge in [-0.2, -0.15) is 0 Å².